The highest BCUT2D eigenvalue weighted by atomic mass is 15.2. The Morgan fingerprint density at radius 1 is 1.23 bits per heavy atom. The Bertz CT molecular complexity index is 468. The molecule has 1 aromatic carbocycles. The molecule has 2 rings (SSSR count). The van der Waals surface area contributed by atoms with E-state index in [1.807, 2.05) is 0 Å². The average molecular weight is 304 g/mol. The normalized spacial score (nSPS) is 18.0. The number of anilines is 1. The summed E-state index contributed by atoms with van der Waals surface area (Å²) in [6, 6.07) is 7.19. The number of rotatable bonds is 8. The fourth-order valence-electron chi connectivity index (χ4n) is 3.39. The summed E-state index contributed by atoms with van der Waals surface area (Å²) in [5, 5.41) is 0. The van der Waals surface area contributed by atoms with Crippen molar-refractivity contribution in [2.75, 3.05) is 51.7 Å². The minimum absolute atomic E-state index is 0.381. The van der Waals surface area contributed by atoms with Crippen molar-refractivity contribution < 1.29 is 0 Å². The maximum atomic E-state index is 6.08. The molecule has 0 bridgehead atoms. The molecule has 1 aliphatic rings. The Balaban J connectivity index is 2.00. The largest absolute Gasteiger partial charge is 0.378 e. The lowest BCUT2D eigenvalue weighted by Crippen LogP contribution is -2.32. The predicted octanol–water partition coefficient (Wildman–Crippen LogP) is 2.30. The van der Waals surface area contributed by atoms with Gasteiger partial charge in [-0.1, -0.05) is 19.9 Å². The van der Waals surface area contributed by atoms with Crippen LogP contribution < -0.4 is 10.6 Å². The average Bonchev–Trinajstić information content (AvgIpc) is 2.87. The molecule has 0 fully saturated rings. The van der Waals surface area contributed by atoms with Crippen LogP contribution >= 0.6 is 0 Å². The zero-order valence-corrected chi connectivity index (χ0v) is 14.7. The highest BCUT2D eigenvalue weighted by Gasteiger charge is 2.29. The molecule has 1 atom stereocenters. The number of benzene rings is 1. The number of nitrogens with zero attached hydrogens (tertiary/aromatic N) is 3. The lowest BCUT2D eigenvalue weighted by Gasteiger charge is -2.26. The summed E-state index contributed by atoms with van der Waals surface area (Å²) in [6.45, 7) is 10.8. The molecule has 0 radical (unpaired) electrons. The first-order valence-electron chi connectivity index (χ1n) is 8.57. The molecule has 4 nitrogen and oxygen atoms in total. The lowest BCUT2D eigenvalue weighted by molar-refractivity contribution is 0.199. The van der Waals surface area contributed by atoms with E-state index in [0.717, 1.165) is 26.2 Å². The monoisotopic (exact) mass is 304 g/mol. The number of hydrogen-bond acceptors (Lipinski definition) is 4. The third-order valence-electron chi connectivity index (χ3n) is 4.86. The van der Waals surface area contributed by atoms with Gasteiger partial charge in [0.15, 0.2) is 0 Å². The van der Waals surface area contributed by atoms with Gasteiger partial charge in [-0.3, -0.25) is 4.90 Å². The van der Waals surface area contributed by atoms with Gasteiger partial charge in [0.2, 0.25) is 0 Å². The molecule has 0 aromatic heterocycles. The fourth-order valence-corrected chi connectivity index (χ4v) is 3.39. The van der Waals surface area contributed by atoms with Gasteiger partial charge < -0.3 is 15.5 Å². The molecule has 22 heavy (non-hydrogen) atoms. The topological polar surface area (TPSA) is 35.7 Å². The molecule has 1 aromatic rings. The molecule has 0 saturated heterocycles. The van der Waals surface area contributed by atoms with Gasteiger partial charge in [-0.25, -0.2) is 0 Å². The van der Waals surface area contributed by atoms with Crippen molar-refractivity contribution >= 4 is 5.69 Å². The Hall–Kier alpha value is -1.10. The SMILES string of the molecule is CCN(CC)CCCN1Cc2ccc(N(C)C)cc2C1CN. The summed E-state index contributed by atoms with van der Waals surface area (Å²) in [7, 11) is 4.19. The van der Waals surface area contributed by atoms with Crippen LogP contribution in [0.4, 0.5) is 5.69 Å². The van der Waals surface area contributed by atoms with Gasteiger partial charge in [-0.2, -0.15) is 0 Å². The summed E-state index contributed by atoms with van der Waals surface area (Å²) in [6.07, 6.45) is 1.21. The van der Waals surface area contributed by atoms with Crippen LogP contribution in [-0.2, 0) is 6.54 Å². The van der Waals surface area contributed by atoms with E-state index in [-0.39, 0.29) is 0 Å². The van der Waals surface area contributed by atoms with Gasteiger partial charge in [0.05, 0.1) is 0 Å². The molecule has 1 aliphatic heterocycles. The van der Waals surface area contributed by atoms with E-state index in [1.54, 1.807) is 0 Å². The van der Waals surface area contributed by atoms with Crippen LogP contribution in [0, 0.1) is 0 Å². The zero-order chi connectivity index (χ0) is 16.1. The third-order valence-corrected chi connectivity index (χ3v) is 4.86. The quantitative estimate of drug-likeness (QED) is 0.799. The summed E-state index contributed by atoms with van der Waals surface area (Å²) in [5.41, 5.74) is 10.2. The maximum absolute atomic E-state index is 6.08. The molecule has 1 heterocycles. The molecule has 124 valence electrons. The standard InChI is InChI=1S/C18H32N4/c1-5-21(6-2)10-7-11-22-14-15-8-9-16(20(3)4)12-17(15)18(22)13-19/h8-9,12,18H,5-7,10-11,13-14,19H2,1-4H3. The summed E-state index contributed by atoms with van der Waals surface area (Å²) in [4.78, 5) is 7.20. The van der Waals surface area contributed by atoms with E-state index in [4.69, 9.17) is 5.73 Å². The molecular formula is C18H32N4. The van der Waals surface area contributed by atoms with Gasteiger partial charge in [-0.15, -0.1) is 0 Å². The number of hydrogen-bond donors (Lipinski definition) is 1. The Morgan fingerprint density at radius 3 is 2.55 bits per heavy atom. The van der Waals surface area contributed by atoms with Crippen LogP contribution in [0.1, 0.15) is 37.4 Å². The second kappa shape index (κ2) is 7.95. The van der Waals surface area contributed by atoms with E-state index in [1.165, 1.54) is 29.8 Å². The van der Waals surface area contributed by atoms with Crippen molar-refractivity contribution in [3.05, 3.63) is 29.3 Å². The summed E-state index contributed by atoms with van der Waals surface area (Å²) in [5.74, 6) is 0. The van der Waals surface area contributed by atoms with Crippen LogP contribution in [0.25, 0.3) is 0 Å². The maximum Gasteiger partial charge on any atom is 0.0478 e. The molecule has 1 unspecified atom stereocenters. The highest BCUT2D eigenvalue weighted by molar-refractivity contribution is 5.52. The van der Waals surface area contributed by atoms with Gasteiger partial charge >= 0.3 is 0 Å². The first-order valence-corrected chi connectivity index (χ1v) is 8.57. The van der Waals surface area contributed by atoms with Gasteiger partial charge in [0, 0.05) is 45.5 Å². The lowest BCUT2D eigenvalue weighted by atomic mass is 10.0. The first kappa shape index (κ1) is 17.3. The zero-order valence-electron chi connectivity index (χ0n) is 14.7. The van der Waals surface area contributed by atoms with E-state index < -0.39 is 0 Å². The fraction of sp³-hybridized carbons (Fsp3) is 0.667. The molecule has 4 heteroatoms. The van der Waals surface area contributed by atoms with Crippen LogP contribution in [0.5, 0.6) is 0 Å². The minimum Gasteiger partial charge on any atom is -0.378 e. The number of nitrogens with two attached hydrogens (primary N) is 1. The second-order valence-electron chi connectivity index (χ2n) is 6.38. The Labute approximate surface area is 135 Å². The van der Waals surface area contributed by atoms with E-state index >= 15 is 0 Å². The Kier molecular flexibility index (Phi) is 6.24. The van der Waals surface area contributed by atoms with Crippen molar-refractivity contribution in [3.8, 4) is 0 Å². The third kappa shape index (κ3) is 3.80. The minimum atomic E-state index is 0.381. The van der Waals surface area contributed by atoms with Gasteiger partial charge in [-0.05, 0) is 49.3 Å². The summed E-state index contributed by atoms with van der Waals surface area (Å²) >= 11 is 0. The van der Waals surface area contributed by atoms with E-state index in [9.17, 15) is 0 Å². The van der Waals surface area contributed by atoms with Crippen molar-refractivity contribution in [1.29, 1.82) is 0 Å². The molecule has 0 amide bonds. The predicted molar refractivity (Wildman–Crippen MR) is 95.4 cm³/mol. The van der Waals surface area contributed by atoms with Crippen molar-refractivity contribution in [2.45, 2.75) is 32.9 Å². The number of fused-ring (bicyclic) bond motifs is 1. The first-order chi connectivity index (χ1) is 10.6. The Morgan fingerprint density at radius 2 is 1.95 bits per heavy atom. The van der Waals surface area contributed by atoms with Crippen molar-refractivity contribution in [2.24, 2.45) is 5.73 Å². The van der Waals surface area contributed by atoms with E-state index in [2.05, 4.69) is 60.8 Å². The molecule has 2 N–H and O–H groups in total. The molecule has 0 saturated carbocycles. The van der Waals surface area contributed by atoms with Gasteiger partial charge in [0.1, 0.15) is 0 Å². The molecule has 0 aliphatic carbocycles. The van der Waals surface area contributed by atoms with Crippen molar-refractivity contribution in [3.63, 3.8) is 0 Å². The van der Waals surface area contributed by atoms with Crippen LogP contribution in [0.3, 0.4) is 0 Å². The highest BCUT2D eigenvalue weighted by Crippen LogP contribution is 2.35. The second-order valence-corrected chi connectivity index (χ2v) is 6.38. The van der Waals surface area contributed by atoms with Crippen LogP contribution in [-0.4, -0.2) is 56.6 Å². The molecular weight excluding hydrogens is 272 g/mol. The van der Waals surface area contributed by atoms with Gasteiger partial charge in [0.25, 0.3) is 0 Å². The van der Waals surface area contributed by atoms with Crippen LogP contribution in [0.2, 0.25) is 0 Å². The smallest absolute Gasteiger partial charge is 0.0478 e. The molecule has 0 spiro atoms. The van der Waals surface area contributed by atoms with Crippen LogP contribution in [0.15, 0.2) is 18.2 Å². The van der Waals surface area contributed by atoms with Crippen molar-refractivity contribution in [1.82, 2.24) is 9.80 Å². The summed E-state index contributed by atoms with van der Waals surface area (Å²) < 4.78 is 0. The van der Waals surface area contributed by atoms with E-state index in [0.29, 0.717) is 12.6 Å².